The minimum absolute atomic E-state index is 0.0695. The standard InChI is InChI=1S/C16H16N2O4S/c1-11-8-12-4-2-6-15(16(12)17-9-11)23(20,21)18-13(10-19)14-5-3-7-22-14/h2-9,13,18-19H,10H2,1H3/t13-/m1/s1. The molecule has 0 bridgehead atoms. The molecule has 1 aromatic carbocycles. The van der Waals surface area contributed by atoms with Crippen molar-refractivity contribution < 1.29 is 17.9 Å². The third-order valence-electron chi connectivity index (χ3n) is 3.47. The Kier molecular flexibility index (Phi) is 4.16. The van der Waals surface area contributed by atoms with Crippen LogP contribution in [0.15, 0.2) is 58.2 Å². The number of benzene rings is 1. The van der Waals surface area contributed by atoms with Crippen LogP contribution in [0.25, 0.3) is 10.9 Å². The largest absolute Gasteiger partial charge is 0.468 e. The molecule has 1 atom stereocenters. The first kappa shape index (κ1) is 15.7. The quantitative estimate of drug-likeness (QED) is 0.747. The van der Waals surface area contributed by atoms with Gasteiger partial charge in [-0.05, 0) is 36.8 Å². The molecule has 7 heteroatoms. The van der Waals surface area contributed by atoms with Crippen molar-refractivity contribution in [2.45, 2.75) is 17.9 Å². The molecule has 0 spiro atoms. The van der Waals surface area contributed by atoms with Crippen molar-refractivity contribution in [3.63, 3.8) is 0 Å². The number of nitrogens with zero attached hydrogens (tertiary/aromatic N) is 1. The molecule has 120 valence electrons. The van der Waals surface area contributed by atoms with Crippen LogP contribution in [0.3, 0.4) is 0 Å². The Morgan fingerprint density at radius 1 is 1.30 bits per heavy atom. The van der Waals surface area contributed by atoms with Gasteiger partial charge in [-0.3, -0.25) is 4.98 Å². The Morgan fingerprint density at radius 2 is 2.13 bits per heavy atom. The summed E-state index contributed by atoms with van der Waals surface area (Å²) in [4.78, 5) is 4.31. The van der Waals surface area contributed by atoms with Crippen molar-refractivity contribution >= 4 is 20.9 Å². The fourth-order valence-electron chi connectivity index (χ4n) is 2.39. The molecule has 3 aromatic rings. The van der Waals surface area contributed by atoms with Gasteiger partial charge in [-0.2, -0.15) is 4.72 Å². The molecule has 0 saturated heterocycles. The topological polar surface area (TPSA) is 92.4 Å². The van der Waals surface area contributed by atoms with E-state index in [4.69, 9.17) is 4.42 Å². The highest BCUT2D eigenvalue weighted by molar-refractivity contribution is 7.89. The van der Waals surface area contributed by atoms with E-state index in [0.29, 0.717) is 11.3 Å². The third-order valence-corrected chi connectivity index (χ3v) is 4.97. The number of hydrogen-bond donors (Lipinski definition) is 2. The van der Waals surface area contributed by atoms with Crippen LogP contribution in [0.1, 0.15) is 17.4 Å². The predicted molar refractivity (Wildman–Crippen MR) is 85.3 cm³/mol. The van der Waals surface area contributed by atoms with Gasteiger partial charge in [0, 0.05) is 11.6 Å². The van der Waals surface area contributed by atoms with Gasteiger partial charge in [-0.15, -0.1) is 0 Å². The number of aryl methyl sites for hydroxylation is 1. The van der Waals surface area contributed by atoms with E-state index in [1.807, 2.05) is 19.1 Å². The first-order valence-corrected chi connectivity index (χ1v) is 8.51. The normalized spacial score (nSPS) is 13.3. The van der Waals surface area contributed by atoms with E-state index in [9.17, 15) is 13.5 Å². The number of furan rings is 1. The van der Waals surface area contributed by atoms with Crippen LogP contribution < -0.4 is 4.72 Å². The van der Waals surface area contributed by atoms with Crippen LogP contribution in [0.4, 0.5) is 0 Å². The second kappa shape index (κ2) is 6.11. The Morgan fingerprint density at radius 3 is 2.83 bits per heavy atom. The minimum atomic E-state index is -3.87. The number of para-hydroxylation sites is 1. The van der Waals surface area contributed by atoms with Gasteiger partial charge in [0.1, 0.15) is 16.7 Å². The summed E-state index contributed by atoms with van der Waals surface area (Å²) in [5.41, 5.74) is 1.34. The number of nitrogens with one attached hydrogen (secondary N) is 1. The Balaban J connectivity index is 2.03. The molecule has 0 fully saturated rings. The maximum atomic E-state index is 12.7. The molecule has 0 aliphatic rings. The minimum Gasteiger partial charge on any atom is -0.468 e. The number of fused-ring (bicyclic) bond motifs is 1. The molecule has 2 heterocycles. The SMILES string of the molecule is Cc1cnc2c(S(=O)(=O)N[C@H](CO)c3ccco3)cccc2c1. The van der Waals surface area contributed by atoms with E-state index >= 15 is 0 Å². The summed E-state index contributed by atoms with van der Waals surface area (Å²) in [6.45, 7) is 1.48. The van der Waals surface area contributed by atoms with Gasteiger partial charge in [-0.1, -0.05) is 12.1 Å². The van der Waals surface area contributed by atoms with Crippen molar-refractivity contribution in [3.8, 4) is 0 Å². The Hall–Kier alpha value is -2.22. The molecule has 2 aromatic heterocycles. The number of rotatable bonds is 5. The summed E-state index contributed by atoms with van der Waals surface area (Å²) in [7, 11) is -3.87. The number of hydrogen-bond acceptors (Lipinski definition) is 5. The van der Waals surface area contributed by atoms with Gasteiger partial charge in [-0.25, -0.2) is 8.42 Å². The first-order valence-electron chi connectivity index (χ1n) is 7.03. The zero-order valence-electron chi connectivity index (χ0n) is 12.4. The molecule has 0 amide bonds. The summed E-state index contributed by atoms with van der Waals surface area (Å²) in [5.74, 6) is 0.347. The highest BCUT2D eigenvalue weighted by Gasteiger charge is 2.24. The number of aromatic nitrogens is 1. The van der Waals surface area contributed by atoms with Gasteiger partial charge in [0.05, 0.1) is 18.4 Å². The zero-order chi connectivity index (χ0) is 16.4. The lowest BCUT2D eigenvalue weighted by Crippen LogP contribution is -2.30. The van der Waals surface area contributed by atoms with Crippen molar-refractivity contribution in [2.75, 3.05) is 6.61 Å². The number of pyridine rings is 1. The number of aliphatic hydroxyl groups is 1. The van der Waals surface area contributed by atoms with E-state index in [0.717, 1.165) is 10.9 Å². The molecule has 0 aliphatic carbocycles. The van der Waals surface area contributed by atoms with Crippen LogP contribution >= 0.6 is 0 Å². The number of aliphatic hydroxyl groups excluding tert-OH is 1. The summed E-state index contributed by atoms with van der Waals surface area (Å²) in [6, 6.07) is 9.23. The maximum Gasteiger partial charge on any atom is 0.243 e. The lowest BCUT2D eigenvalue weighted by atomic mass is 10.2. The lowest BCUT2D eigenvalue weighted by Gasteiger charge is -2.15. The molecular weight excluding hydrogens is 316 g/mol. The van der Waals surface area contributed by atoms with Gasteiger partial charge < -0.3 is 9.52 Å². The van der Waals surface area contributed by atoms with Crippen molar-refractivity contribution in [2.24, 2.45) is 0 Å². The van der Waals surface area contributed by atoms with Crippen LogP contribution in [0.5, 0.6) is 0 Å². The molecular formula is C16H16N2O4S. The average Bonchev–Trinajstić information content (AvgIpc) is 3.06. The summed E-state index contributed by atoms with van der Waals surface area (Å²) < 4.78 is 33.0. The van der Waals surface area contributed by atoms with E-state index < -0.39 is 22.7 Å². The summed E-state index contributed by atoms with van der Waals surface area (Å²) in [6.07, 6.45) is 3.05. The maximum absolute atomic E-state index is 12.7. The Bertz CT molecular complexity index is 920. The van der Waals surface area contributed by atoms with Crippen molar-refractivity contribution in [1.29, 1.82) is 0 Å². The van der Waals surface area contributed by atoms with E-state index in [1.165, 1.54) is 12.3 Å². The van der Waals surface area contributed by atoms with Crippen molar-refractivity contribution in [3.05, 3.63) is 60.2 Å². The van der Waals surface area contributed by atoms with Gasteiger partial charge in [0.15, 0.2) is 0 Å². The van der Waals surface area contributed by atoms with Gasteiger partial charge in [0.2, 0.25) is 10.0 Å². The highest BCUT2D eigenvalue weighted by atomic mass is 32.2. The van der Waals surface area contributed by atoms with E-state index in [-0.39, 0.29) is 4.90 Å². The average molecular weight is 332 g/mol. The molecule has 3 rings (SSSR count). The zero-order valence-corrected chi connectivity index (χ0v) is 13.2. The van der Waals surface area contributed by atoms with Crippen LogP contribution in [0, 0.1) is 6.92 Å². The Labute approximate surface area is 133 Å². The van der Waals surface area contributed by atoms with E-state index in [1.54, 1.807) is 24.4 Å². The van der Waals surface area contributed by atoms with Crippen LogP contribution in [0.2, 0.25) is 0 Å². The monoisotopic (exact) mass is 332 g/mol. The molecule has 0 unspecified atom stereocenters. The smallest absolute Gasteiger partial charge is 0.243 e. The van der Waals surface area contributed by atoms with Crippen LogP contribution in [-0.2, 0) is 10.0 Å². The van der Waals surface area contributed by atoms with Crippen molar-refractivity contribution in [1.82, 2.24) is 9.71 Å². The molecule has 0 aliphatic heterocycles. The molecule has 23 heavy (non-hydrogen) atoms. The fourth-order valence-corrected chi connectivity index (χ4v) is 3.76. The van der Waals surface area contributed by atoms with Gasteiger partial charge >= 0.3 is 0 Å². The highest BCUT2D eigenvalue weighted by Crippen LogP contribution is 2.24. The molecule has 0 saturated carbocycles. The molecule has 6 nitrogen and oxygen atoms in total. The van der Waals surface area contributed by atoms with E-state index in [2.05, 4.69) is 9.71 Å². The second-order valence-electron chi connectivity index (χ2n) is 5.21. The summed E-state index contributed by atoms with van der Waals surface area (Å²) in [5, 5.41) is 10.2. The number of sulfonamides is 1. The summed E-state index contributed by atoms with van der Waals surface area (Å²) >= 11 is 0. The first-order chi connectivity index (χ1) is 11.0. The predicted octanol–water partition coefficient (Wildman–Crippen LogP) is 2.15. The lowest BCUT2D eigenvalue weighted by molar-refractivity contribution is 0.242. The van der Waals surface area contributed by atoms with Crippen LogP contribution in [-0.4, -0.2) is 25.1 Å². The molecule has 0 radical (unpaired) electrons. The molecule has 2 N–H and O–H groups in total. The second-order valence-corrected chi connectivity index (χ2v) is 6.89. The third kappa shape index (κ3) is 3.12. The fraction of sp³-hybridized carbons (Fsp3) is 0.188. The van der Waals surface area contributed by atoms with Gasteiger partial charge in [0.25, 0.3) is 0 Å².